The van der Waals surface area contributed by atoms with Gasteiger partial charge in [0.1, 0.15) is 0 Å². The zero-order chi connectivity index (χ0) is 14.7. The molecule has 3 aromatic rings. The van der Waals surface area contributed by atoms with Crippen LogP contribution >= 0.6 is 22.9 Å². The lowest BCUT2D eigenvalue weighted by molar-refractivity contribution is 0.0949. The molecule has 3 rings (SSSR count). The summed E-state index contributed by atoms with van der Waals surface area (Å²) in [5, 5.41) is 9.09. The van der Waals surface area contributed by atoms with Crippen molar-refractivity contribution >= 4 is 28.8 Å². The molecule has 2 heterocycles. The Balaban J connectivity index is 1.62. The van der Waals surface area contributed by atoms with Crippen LogP contribution in [0.15, 0.2) is 46.3 Å². The first-order chi connectivity index (χ1) is 10.2. The Kier molecular flexibility index (Phi) is 3.98. The van der Waals surface area contributed by atoms with Crippen LogP contribution in [0.1, 0.15) is 16.2 Å². The maximum Gasteiger partial charge on any atom is 0.268 e. The maximum atomic E-state index is 11.9. The van der Waals surface area contributed by atoms with Gasteiger partial charge in [0.15, 0.2) is 5.82 Å². The highest BCUT2D eigenvalue weighted by Crippen LogP contribution is 2.22. The van der Waals surface area contributed by atoms with E-state index in [-0.39, 0.29) is 12.5 Å². The van der Waals surface area contributed by atoms with Gasteiger partial charge in [0.2, 0.25) is 0 Å². The van der Waals surface area contributed by atoms with Gasteiger partial charge < -0.3 is 9.84 Å². The van der Waals surface area contributed by atoms with Gasteiger partial charge in [-0.2, -0.15) is 4.98 Å². The molecule has 5 nitrogen and oxygen atoms in total. The Morgan fingerprint density at radius 1 is 1.29 bits per heavy atom. The number of hydrogen-bond donors (Lipinski definition) is 1. The first kappa shape index (κ1) is 13.8. The molecule has 21 heavy (non-hydrogen) atoms. The molecule has 0 spiro atoms. The van der Waals surface area contributed by atoms with Gasteiger partial charge in [0.05, 0.1) is 11.4 Å². The van der Waals surface area contributed by atoms with Crippen LogP contribution < -0.4 is 5.32 Å². The maximum absolute atomic E-state index is 11.9. The zero-order valence-electron chi connectivity index (χ0n) is 10.7. The number of carbonyl (C=O) groups is 1. The molecule has 0 radical (unpaired) electrons. The molecule has 7 heteroatoms. The lowest BCUT2D eigenvalue weighted by atomic mass is 10.2. The molecular weight excluding hydrogens is 310 g/mol. The monoisotopic (exact) mass is 319 g/mol. The average Bonchev–Trinajstić information content (AvgIpc) is 3.16. The number of aromatic nitrogens is 2. The van der Waals surface area contributed by atoms with E-state index in [9.17, 15) is 4.79 Å². The van der Waals surface area contributed by atoms with Crippen LogP contribution in [0.25, 0.3) is 10.8 Å². The molecule has 0 aliphatic rings. The fraction of sp³-hybridized carbons (Fsp3) is 0.0714. The quantitative estimate of drug-likeness (QED) is 0.800. The van der Waals surface area contributed by atoms with Crippen molar-refractivity contribution in [2.24, 2.45) is 0 Å². The second-order valence-electron chi connectivity index (χ2n) is 4.18. The normalized spacial score (nSPS) is 10.5. The van der Waals surface area contributed by atoms with Gasteiger partial charge in [0, 0.05) is 10.6 Å². The number of amides is 1. The van der Waals surface area contributed by atoms with E-state index in [0.717, 1.165) is 4.88 Å². The second kappa shape index (κ2) is 6.07. The highest BCUT2D eigenvalue weighted by Gasteiger charge is 2.11. The third-order valence-electron chi connectivity index (χ3n) is 2.71. The van der Waals surface area contributed by atoms with Crippen molar-refractivity contribution in [2.75, 3.05) is 0 Å². The number of carbonyl (C=O) groups excluding carboxylic acids is 1. The summed E-state index contributed by atoms with van der Waals surface area (Å²) < 4.78 is 5.14. The summed E-state index contributed by atoms with van der Waals surface area (Å²) in [5.74, 6) is 0.676. The predicted octanol–water partition coefficient (Wildman–Crippen LogP) is 3.38. The van der Waals surface area contributed by atoms with Crippen LogP contribution in [-0.4, -0.2) is 16.0 Å². The van der Waals surface area contributed by atoms with Crippen molar-refractivity contribution in [1.29, 1.82) is 0 Å². The van der Waals surface area contributed by atoms with E-state index in [1.165, 1.54) is 11.3 Å². The number of nitrogens with zero attached hydrogens (tertiary/aromatic N) is 2. The number of rotatable bonds is 4. The molecule has 0 unspecified atom stereocenters. The lowest BCUT2D eigenvalue weighted by Gasteiger charge is -2.02. The molecule has 0 saturated heterocycles. The van der Waals surface area contributed by atoms with Crippen LogP contribution in [0.3, 0.4) is 0 Å². The summed E-state index contributed by atoms with van der Waals surface area (Å²) in [6, 6.07) is 10.5. The van der Waals surface area contributed by atoms with Crippen LogP contribution in [0.2, 0.25) is 5.02 Å². The predicted molar refractivity (Wildman–Crippen MR) is 80.2 cm³/mol. The van der Waals surface area contributed by atoms with Crippen LogP contribution in [-0.2, 0) is 6.54 Å². The molecule has 1 N–H and O–H groups in total. The van der Waals surface area contributed by atoms with E-state index < -0.39 is 0 Å². The Bertz CT molecular complexity index is 738. The van der Waals surface area contributed by atoms with E-state index in [2.05, 4.69) is 15.5 Å². The Morgan fingerprint density at radius 2 is 2.10 bits per heavy atom. The third kappa shape index (κ3) is 3.29. The minimum atomic E-state index is -0.214. The van der Waals surface area contributed by atoms with Gasteiger partial charge >= 0.3 is 0 Å². The number of thiophene rings is 1. The first-order valence-corrected chi connectivity index (χ1v) is 7.38. The number of nitrogens with one attached hydrogen (secondary N) is 1. The molecule has 0 fully saturated rings. The largest absolute Gasteiger partial charge is 0.345 e. The zero-order valence-corrected chi connectivity index (χ0v) is 12.3. The highest BCUT2D eigenvalue weighted by atomic mass is 35.5. The molecular formula is C14H10ClN3O2S. The third-order valence-corrected chi connectivity index (χ3v) is 3.82. The van der Waals surface area contributed by atoms with Crippen LogP contribution in [0.4, 0.5) is 0 Å². The van der Waals surface area contributed by atoms with E-state index in [0.29, 0.717) is 22.3 Å². The standard InChI is InChI=1S/C14H10ClN3O2S/c15-10-5-3-9(4-6-10)13(19)16-8-12-17-14(20-18-12)11-2-1-7-21-11/h1-7H,8H2,(H,16,19). The lowest BCUT2D eigenvalue weighted by Crippen LogP contribution is -2.23. The molecule has 1 aromatic carbocycles. The average molecular weight is 320 g/mol. The van der Waals surface area contributed by atoms with Crippen molar-refractivity contribution in [2.45, 2.75) is 6.54 Å². The summed E-state index contributed by atoms with van der Waals surface area (Å²) in [7, 11) is 0. The van der Waals surface area contributed by atoms with Crippen molar-refractivity contribution in [3.63, 3.8) is 0 Å². The second-order valence-corrected chi connectivity index (χ2v) is 5.57. The van der Waals surface area contributed by atoms with Gasteiger partial charge in [-0.1, -0.05) is 22.8 Å². The van der Waals surface area contributed by atoms with Gasteiger partial charge in [-0.3, -0.25) is 4.79 Å². The fourth-order valence-electron chi connectivity index (χ4n) is 1.69. The van der Waals surface area contributed by atoms with Gasteiger partial charge in [-0.05, 0) is 35.7 Å². The summed E-state index contributed by atoms with van der Waals surface area (Å²) in [6.45, 7) is 0.205. The number of halogens is 1. The minimum Gasteiger partial charge on any atom is -0.345 e. The van der Waals surface area contributed by atoms with E-state index in [1.54, 1.807) is 24.3 Å². The Hall–Kier alpha value is -2.18. The molecule has 0 saturated carbocycles. The van der Waals surface area contributed by atoms with E-state index in [4.69, 9.17) is 16.1 Å². The van der Waals surface area contributed by atoms with Crippen molar-refractivity contribution in [3.8, 4) is 10.8 Å². The van der Waals surface area contributed by atoms with E-state index in [1.807, 2.05) is 17.5 Å². The summed E-state index contributed by atoms with van der Waals surface area (Å²) >= 11 is 7.29. The minimum absolute atomic E-state index is 0.205. The van der Waals surface area contributed by atoms with E-state index >= 15 is 0 Å². The van der Waals surface area contributed by atoms with Crippen LogP contribution in [0.5, 0.6) is 0 Å². The van der Waals surface area contributed by atoms with Crippen molar-refractivity contribution < 1.29 is 9.32 Å². The van der Waals surface area contributed by atoms with Gasteiger partial charge in [0.25, 0.3) is 11.8 Å². The first-order valence-electron chi connectivity index (χ1n) is 6.12. The summed E-state index contributed by atoms with van der Waals surface area (Å²) in [4.78, 5) is 17.1. The number of benzene rings is 1. The smallest absolute Gasteiger partial charge is 0.268 e. The Morgan fingerprint density at radius 3 is 2.81 bits per heavy atom. The summed E-state index contributed by atoms with van der Waals surface area (Å²) in [6.07, 6.45) is 0. The highest BCUT2D eigenvalue weighted by molar-refractivity contribution is 7.13. The molecule has 0 atom stereocenters. The SMILES string of the molecule is O=C(NCc1noc(-c2cccs2)n1)c1ccc(Cl)cc1. The molecule has 0 aliphatic heterocycles. The van der Waals surface area contributed by atoms with Crippen LogP contribution in [0, 0.1) is 0 Å². The van der Waals surface area contributed by atoms with Crippen molar-refractivity contribution in [1.82, 2.24) is 15.5 Å². The van der Waals surface area contributed by atoms with Crippen molar-refractivity contribution in [3.05, 3.63) is 58.2 Å². The number of hydrogen-bond acceptors (Lipinski definition) is 5. The molecule has 0 aliphatic carbocycles. The van der Waals surface area contributed by atoms with Gasteiger partial charge in [-0.15, -0.1) is 11.3 Å². The van der Waals surface area contributed by atoms with Gasteiger partial charge in [-0.25, -0.2) is 0 Å². The molecule has 1 amide bonds. The molecule has 2 aromatic heterocycles. The fourth-order valence-corrected chi connectivity index (χ4v) is 2.46. The topological polar surface area (TPSA) is 68.0 Å². The summed E-state index contributed by atoms with van der Waals surface area (Å²) in [5.41, 5.74) is 0.529. The molecule has 106 valence electrons. The Labute approximate surface area is 129 Å². The molecule has 0 bridgehead atoms.